The molecule has 0 unspecified atom stereocenters. The monoisotopic (exact) mass is 262 g/mol. The minimum Gasteiger partial charge on any atom is -0.462 e. The molecule has 0 heterocycles. The quantitative estimate of drug-likeness (QED) is 0.449. The first-order chi connectivity index (χ1) is 8.97. The van der Waals surface area contributed by atoms with Gasteiger partial charge >= 0.3 is 5.97 Å². The molecular formula is C15H18O4. The molecule has 0 bridgehead atoms. The summed E-state index contributed by atoms with van der Waals surface area (Å²) >= 11 is 0. The average Bonchev–Trinajstić information content (AvgIpc) is 2.38. The summed E-state index contributed by atoms with van der Waals surface area (Å²) < 4.78 is 5.07. The molecule has 1 rings (SSSR count). The summed E-state index contributed by atoms with van der Waals surface area (Å²) in [5.74, 6) is -0.907. The molecule has 4 nitrogen and oxygen atoms in total. The minimum absolute atomic E-state index is 0.198. The SMILES string of the molecule is CCCCOC(=O)c1ccc(C(C)=O)c(C(C)=O)c1. The number of ketones is 2. The molecule has 0 aliphatic carbocycles. The molecule has 0 radical (unpaired) electrons. The van der Waals surface area contributed by atoms with Gasteiger partial charge in [0.1, 0.15) is 0 Å². The van der Waals surface area contributed by atoms with Crippen molar-refractivity contribution in [3.05, 3.63) is 34.9 Å². The van der Waals surface area contributed by atoms with Crippen LogP contribution in [0, 0.1) is 0 Å². The summed E-state index contributed by atoms with van der Waals surface area (Å²) in [4.78, 5) is 34.7. The number of unbranched alkanes of at least 4 members (excludes halogenated alkanes) is 1. The van der Waals surface area contributed by atoms with Crippen molar-refractivity contribution in [2.75, 3.05) is 6.61 Å². The fourth-order valence-corrected chi connectivity index (χ4v) is 1.66. The number of Topliss-reactive ketones (excluding diaryl/α,β-unsaturated/α-hetero) is 2. The first-order valence-corrected chi connectivity index (χ1v) is 6.30. The molecule has 0 atom stereocenters. The molecule has 0 saturated heterocycles. The normalized spacial score (nSPS) is 10.1. The van der Waals surface area contributed by atoms with E-state index in [2.05, 4.69) is 0 Å². The van der Waals surface area contributed by atoms with E-state index in [1.165, 1.54) is 32.0 Å². The van der Waals surface area contributed by atoms with Gasteiger partial charge in [-0.25, -0.2) is 4.79 Å². The number of rotatable bonds is 6. The Morgan fingerprint density at radius 1 is 1.05 bits per heavy atom. The number of carbonyl (C=O) groups is 3. The third kappa shape index (κ3) is 4.02. The van der Waals surface area contributed by atoms with E-state index in [9.17, 15) is 14.4 Å². The third-order valence-electron chi connectivity index (χ3n) is 2.74. The van der Waals surface area contributed by atoms with Gasteiger partial charge in [-0.1, -0.05) is 13.3 Å². The lowest BCUT2D eigenvalue weighted by Gasteiger charge is -2.07. The van der Waals surface area contributed by atoms with Crippen molar-refractivity contribution >= 4 is 17.5 Å². The van der Waals surface area contributed by atoms with Crippen LogP contribution < -0.4 is 0 Å². The molecule has 1 aromatic carbocycles. The second-order valence-electron chi connectivity index (χ2n) is 4.36. The molecule has 0 amide bonds. The van der Waals surface area contributed by atoms with Crippen molar-refractivity contribution in [2.24, 2.45) is 0 Å². The maximum atomic E-state index is 11.8. The topological polar surface area (TPSA) is 60.4 Å². The Kier molecular flexibility index (Phi) is 5.42. The molecule has 0 aliphatic rings. The Morgan fingerprint density at radius 2 is 1.68 bits per heavy atom. The van der Waals surface area contributed by atoms with Crippen molar-refractivity contribution in [3.8, 4) is 0 Å². The van der Waals surface area contributed by atoms with E-state index < -0.39 is 5.97 Å². The van der Waals surface area contributed by atoms with Crippen molar-refractivity contribution in [1.29, 1.82) is 0 Å². The maximum Gasteiger partial charge on any atom is 0.338 e. The van der Waals surface area contributed by atoms with E-state index >= 15 is 0 Å². The molecule has 0 N–H and O–H groups in total. The summed E-state index contributed by atoms with van der Waals surface area (Å²) in [7, 11) is 0. The van der Waals surface area contributed by atoms with E-state index in [1.54, 1.807) is 0 Å². The molecule has 102 valence electrons. The number of hydrogen-bond donors (Lipinski definition) is 0. The third-order valence-corrected chi connectivity index (χ3v) is 2.74. The fraction of sp³-hybridized carbons (Fsp3) is 0.400. The van der Waals surface area contributed by atoms with Gasteiger partial charge < -0.3 is 4.74 Å². The van der Waals surface area contributed by atoms with Crippen LogP contribution in [0.5, 0.6) is 0 Å². The highest BCUT2D eigenvalue weighted by Gasteiger charge is 2.15. The van der Waals surface area contributed by atoms with Crippen LogP contribution in [0.25, 0.3) is 0 Å². The summed E-state index contributed by atoms with van der Waals surface area (Å²) in [5, 5.41) is 0. The van der Waals surface area contributed by atoms with Crippen molar-refractivity contribution in [2.45, 2.75) is 33.6 Å². The zero-order valence-corrected chi connectivity index (χ0v) is 11.5. The van der Waals surface area contributed by atoms with Gasteiger partial charge in [0.15, 0.2) is 11.6 Å². The lowest BCUT2D eigenvalue weighted by molar-refractivity contribution is 0.0499. The zero-order chi connectivity index (χ0) is 14.4. The van der Waals surface area contributed by atoms with Gasteiger partial charge in [0.2, 0.25) is 0 Å². The van der Waals surface area contributed by atoms with Crippen LogP contribution in [0.1, 0.15) is 64.7 Å². The van der Waals surface area contributed by atoms with E-state index in [-0.39, 0.29) is 17.1 Å². The number of esters is 1. The highest BCUT2D eigenvalue weighted by Crippen LogP contribution is 2.15. The van der Waals surface area contributed by atoms with Gasteiger partial charge in [0.05, 0.1) is 12.2 Å². The van der Waals surface area contributed by atoms with E-state index in [0.29, 0.717) is 17.7 Å². The Bertz CT molecular complexity index is 503. The van der Waals surface area contributed by atoms with Gasteiger partial charge in [0.25, 0.3) is 0 Å². The van der Waals surface area contributed by atoms with Crippen molar-refractivity contribution < 1.29 is 19.1 Å². The van der Waals surface area contributed by atoms with Crippen LogP contribution >= 0.6 is 0 Å². The van der Waals surface area contributed by atoms with Crippen LogP contribution in [-0.4, -0.2) is 24.1 Å². The van der Waals surface area contributed by atoms with Crippen LogP contribution in [0.4, 0.5) is 0 Å². The standard InChI is InChI=1S/C15H18O4/c1-4-5-8-19-15(18)12-6-7-13(10(2)16)14(9-12)11(3)17/h6-7,9H,4-5,8H2,1-3H3. The number of hydrogen-bond acceptors (Lipinski definition) is 4. The molecule has 0 spiro atoms. The van der Waals surface area contributed by atoms with Crippen LogP contribution in [0.15, 0.2) is 18.2 Å². The van der Waals surface area contributed by atoms with Gasteiger partial charge in [-0.2, -0.15) is 0 Å². The Balaban J connectivity index is 2.98. The Morgan fingerprint density at radius 3 is 2.21 bits per heavy atom. The smallest absolute Gasteiger partial charge is 0.338 e. The molecule has 0 aliphatic heterocycles. The molecule has 1 aromatic rings. The largest absolute Gasteiger partial charge is 0.462 e. The molecular weight excluding hydrogens is 244 g/mol. The summed E-state index contributed by atoms with van der Waals surface area (Å²) in [6.45, 7) is 5.12. The maximum absolute atomic E-state index is 11.8. The Hall–Kier alpha value is -1.97. The summed E-state index contributed by atoms with van der Waals surface area (Å²) in [5.41, 5.74) is 0.890. The first-order valence-electron chi connectivity index (χ1n) is 6.30. The number of benzene rings is 1. The molecule has 0 fully saturated rings. The number of ether oxygens (including phenoxy) is 1. The Labute approximate surface area is 112 Å². The molecule has 0 aromatic heterocycles. The second-order valence-corrected chi connectivity index (χ2v) is 4.36. The highest BCUT2D eigenvalue weighted by atomic mass is 16.5. The summed E-state index contributed by atoms with van der Waals surface area (Å²) in [6, 6.07) is 4.43. The molecule has 19 heavy (non-hydrogen) atoms. The van der Waals surface area contributed by atoms with Crippen LogP contribution in [0.3, 0.4) is 0 Å². The van der Waals surface area contributed by atoms with Gasteiger partial charge in [-0.3, -0.25) is 9.59 Å². The van der Waals surface area contributed by atoms with Crippen LogP contribution in [-0.2, 0) is 4.74 Å². The highest BCUT2D eigenvalue weighted by molar-refractivity contribution is 6.08. The van der Waals surface area contributed by atoms with Gasteiger partial charge in [-0.05, 0) is 38.5 Å². The predicted molar refractivity (Wildman–Crippen MR) is 71.6 cm³/mol. The van der Waals surface area contributed by atoms with Crippen molar-refractivity contribution in [3.63, 3.8) is 0 Å². The first kappa shape index (κ1) is 15.1. The number of carbonyl (C=O) groups excluding carboxylic acids is 3. The van der Waals surface area contributed by atoms with Crippen LogP contribution in [0.2, 0.25) is 0 Å². The lowest BCUT2D eigenvalue weighted by atomic mass is 9.98. The van der Waals surface area contributed by atoms with Gasteiger partial charge in [0, 0.05) is 11.1 Å². The minimum atomic E-state index is -0.467. The zero-order valence-electron chi connectivity index (χ0n) is 11.5. The van der Waals surface area contributed by atoms with Crippen molar-refractivity contribution in [1.82, 2.24) is 0 Å². The second kappa shape index (κ2) is 6.83. The summed E-state index contributed by atoms with van der Waals surface area (Å²) in [6.07, 6.45) is 1.74. The lowest BCUT2D eigenvalue weighted by Crippen LogP contribution is -2.10. The molecule has 4 heteroatoms. The van der Waals surface area contributed by atoms with E-state index in [0.717, 1.165) is 12.8 Å². The van der Waals surface area contributed by atoms with E-state index in [4.69, 9.17) is 4.74 Å². The fourth-order valence-electron chi connectivity index (χ4n) is 1.66. The molecule has 0 saturated carbocycles. The van der Waals surface area contributed by atoms with E-state index in [1.807, 2.05) is 6.92 Å². The predicted octanol–water partition coefficient (Wildman–Crippen LogP) is 3.05. The average molecular weight is 262 g/mol. The van der Waals surface area contributed by atoms with Gasteiger partial charge in [-0.15, -0.1) is 0 Å².